The van der Waals surface area contributed by atoms with Gasteiger partial charge in [0.15, 0.2) is 0 Å². The van der Waals surface area contributed by atoms with E-state index in [-0.39, 0.29) is 5.91 Å². The second-order valence-corrected chi connectivity index (χ2v) is 6.49. The van der Waals surface area contributed by atoms with Gasteiger partial charge in [-0.1, -0.05) is 36.4 Å². The van der Waals surface area contributed by atoms with Crippen LogP contribution in [0, 0.1) is 0 Å². The zero-order chi connectivity index (χ0) is 20.5. The Balaban J connectivity index is 1.85. The number of aromatic nitrogens is 2. The molecule has 0 saturated heterocycles. The van der Waals surface area contributed by atoms with Gasteiger partial charge in [-0.05, 0) is 24.6 Å². The fraction of sp³-hybridized carbons (Fsp3) is 0.227. The fourth-order valence-electron chi connectivity index (χ4n) is 2.79. The number of hydrogen-bond acceptors (Lipinski definition) is 6. The number of nitrogens with zero attached hydrogens (tertiary/aromatic N) is 2. The number of ether oxygens (including phenoxy) is 1. The highest BCUT2D eigenvalue weighted by Crippen LogP contribution is 2.24. The Bertz CT molecular complexity index is 947. The summed E-state index contributed by atoms with van der Waals surface area (Å²) in [6.45, 7) is 2.87. The van der Waals surface area contributed by atoms with Crippen molar-refractivity contribution < 1.29 is 9.53 Å². The van der Waals surface area contributed by atoms with E-state index in [0.717, 1.165) is 29.1 Å². The molecule has 1 heterocycles. The molecule has 3 N–H and O–H groups in total. The summed E-state index contributed by atoms with van der Waals surface area (Å²) in [5.74, 6) is 1.09. The SMILES string of the molecule is COCCCNc1nc(Nc2cccc(NC(C)=O)c2)cc(-c2ccccc2)n1. The molecule has 1 amide bonds. The molecule has 29 heavy (non-hydrogen) atoms. The number of carbonyl (C=O) groups is 1. The Labute approximate surface area is 170 Å². The molecular formula is C22H25N5O2. The Morgan fingerprint density at radius 1 is 1.00 bits per heavy atom. The number of amides is 1. The smallest absolute Gasteiger partial charge is 0.225 e. The third-order valence-corrected chi connectivity index (χ3v) is 4.06. The molecule has 1 aromatic heterocycles. The molecule has 0 aliphatic rings. The van der Waals surface area contributed by atoms with E-state index in [2.05, 4.69) is 25.9 Å². The van der Waals surface area contributed by atoms with Gasteiger partial charge in [0.05, 0.1) is 5.69 Å². The van der Waals surface area contributed by atoms with Crippen LogP contribution < -0.4 is 16.0 Å². The van der Waals surface area contributed by atoms with Gasteiger partial charge in [0.1, 0.15) is 5.82 Å². The van der Waals surface area contributed by atoms with Crippen molar-refractivity contribution in [3.63, 3.8) is 0 Å². The average molecular weight is 391 g/mol. The first-order chi connectivity index (χ1) is 14.1. The van der Waals surface area contributed by atoms with E-state index in [9.17, 15) is 4.79 Å². The third kappa shape index (κ3) is 6.29. The van der Waals surface area contributed by atoms with Crippen LogP contribution in [0.1, 0.15) is 13.3 Å². The second kappa shape index (κ2) is 10.2. The van der Waals surface area contributed by atoms with Crippen molar-refractivity contribution in [2.45, 2.75) is 13.3 Å². The van der Waals surface area contributed by atoms with Crippen LogP contribution >= 0.6 is 0 Å². The van der Waals surface area contributed by atoms with Crippen molar-refractivity contribution in [1.29, 1.82) is 0 Å². The van der Waals surface area contributed by atoms with Crippen LogP contribution in [0.25, 0.3) is 11.3 Å². The van der Waals surface area contributed by atoms with Crippen molar-refractivity contribution in [1.82, 2.24) is 9.97 Å². The lowest BCUT2D eigenvalue weighted by molar-refractivity contribution is -0.114. The van der Waals surface area contributed by atoms with Crippen LogP contribution in [-0.2, 0) is 9.53 Å². The molecule has 150 valence electrons. The highest BCUT2D eigenvalue weighted by molar-refractivity contribution is 5.89. The minimum atomic E-state index is -0.113. The largest absolute Gasteiger partial charge is 0.385 e. The summed E-state index contributed by atoms with van der Waals surface area (Å²) in [7, 11) is 1.68. The lowest BCUT2D eigenvalue weighted by Crippen LogP contribution is -2.09. The van der Waals surface area contributed by atoms with Gasteiger partial charge in [-0.15, -0.1) is 0 Å². The molecule has 0 saturated carbocycles. The highest BCUT2D eigenvalue weighted by Gasteiger charge is 2.08. The fourth-order valence-corrected chi connectivity index (χ4v) is 2.79. The molecule has 0 aliphatic heterocycles. The molecule has 0 unspecified atom stereocenters. The van der Waals surface area contributed by atoms with Gasteiger partial charge in [0.25, 0.3) is 0 Å². The summed E-state index contributed by atoms with van der Waals surface area (Å²) < 4.78 is 5.09. The zero-order valence-corrected chi connectivity index (χ0v) is 16.6. The first-order valence-electron chi connectivity index (χ1n) is 9.46. The van der Waals surface area contributed by atoms with E-state index < -0.39 is 0 Å². The number of anilines is 4. The van der Waals surface area contributed by atoms with Crippen molar-refractivity contribution in [3.8, 4) is 11.3 Å². The van der Waals surface area contributed by atoms with Gasteiger partial charge in [-0.2, -0.15) is 4.98 Å². The number of rotatable bonds is 9. The maximum atomic E-state index is 11.3. The summed E-state index contributed by atoms with van der Waals surface area (Å²) >= 11 is 0. The number of benzene rings is 2. The summed E-state index contributed by atoms with van der Waals surface area (Å²) in [4.78, 5) is 20.5. The van der Waals surface area contributed by atoms with Crippen molar-refractivity contribution in [2.24, 2.45) is 0 Å². The van der Waals surface area contributed by atoms with E-state index in [1.54, 1.807) is 7.11 Å². The molecule has 3 aromatic rings. The molecule has 0 spiro atoms. The molecule has 0 radical (unpaired) electrons. The van der Waals surface area contributed by atoms with Gasteiger partial charge in [-0.25, -0.2) is 4.98 Å². The van der Waals surface area contributed by atoms with E-state index in [1.807, 2.05) is 60.7 Å². The molecule has 2 aromatic carbocycles. The van der Waals surface area contributed by atoms with Crippen LogP contribution in [0.15, 0.2) is 60.7 Å². The van der Waals surface area contributed by atoms with E-state index in [0.29, 0.717) is 24.9 Å². The lowest BCUT2D eigenvalue weighted by atomic mass is 10.1. The monoisotopic (exact) mass is 391 g/mol. The predicted molar refractivity (Wildman–Crippen MR) is 116 cm³/mol. The van der Waals surface area contributed by atoms with Gasteiger partial charge in [0, 0.05) is 50.2 Å². The quantitative estimate of drug-likeness (QED) is 0.472. The maximum absolute atomic E-state index is 11.3. The number of hydrogen-bond donors (Lipinski definition) is 3. The van der Waals surface area contributed by atoms with Crippen LogP contribution in [-0.4, -0.2) is 36.1 Å². The first-order valence-corrected chi connectivity index (χ1v) is 9.46. The van der Waals surface area contributed by atoms with Crippen LogP contribution in [0.3, 0.4) is 0 Å². The molecular weight excluding hydrogens is 366 g/mol. The summed E-state index contributed by atoms with van der Waals surface area (Å²) in [6, 6.07) is 19.3. The van der Waals surface area contributed by atoms with Crippen molar-refractivity contribution in [2.75, 3.05) is 36.2 Å². The molecule has 7 heteroatoms. The molecule has 3 rings (SSSR count). The van der Waals surface area contributed by atoms with Crippen LogP contribution in [0.4, 0.5) is 23.1 Å². The Hall–Kier alpha value is -3.45. The molecule has 0 aliphatic carbocycles. The van der Waals surface area contributed by atoms with E-state index >= 15 is 0 Å². The number of carbonyl (C=O) groups excluding carboxylic acids is 1. The summed E-state index contributed by atoms with van der Waals surface area (Å²) in [6.07, 6.45) is 0.858. The molecule has 0 bridgehead atoms. The third-order valence-electron chi connectivity index (χ3n) is 4.06. The number of methoxy groups -OCH3 is 1. The average Bonchev–Trinajstić information content (AvgIpc) is 2.71. The van der Waals surface area contributed by atoms with Crippen LogP contribution in [0.5, 0.6) is 0 Å². The van der Waals surface area contributed by atoms with Gasteiger partial charge < -0.3 is 20.7 Å². The van der Waals surface area contributed by atoms with Crippen molar-refractivity contribution in [3.05, 3.63) is 60.7 Å². The van der Waals surface area contributed by atoms with Crippen LogP contribution in [0.2, 0.25) is 0 Å². The molecule has 0 atom stereocenters. The topological polar surface area (TPSA) is 88.2 Å². The minimum absolute atomic E-state index is 0.113. The van der Waals surface area contributed by atoms with Gasteiger partial charge in [-0.3, -0.25) is 4.79 Å². The van der Waals surface area contributed by atoms with E-state index in [4.69, 9.17) is 4.74 Å². The van der Waals surface area contributed by atoms with Gasteiger partial charge >= 0.3 is 0 Å². The lowest BCUT2D eigenvalue weighted by Gasteiger charge is -2.12. The highest BCUT2D eigenvalue weighted by atomic mass is 16.5. The molecule has 7 nitrogen and oxygen atoms in total. The first kappa shape index (κ1) is 20.3. The van der Waals surface area contributed by atoms with Gasteiger partial charge in [0.2, 0.25) is 11.9 Å². The molecule has 0 fully saturated rings. The zero-order valence-electron chi connectivity index (χ0n) is 16.6. The summed E-state index contributed by atoms with van der Waals surface area (Å²) in [5.41, 5.74) is 3.36. The second-order valence-electron chi connectivity index (χ2n) is 6.49. The Morgan fingerprint density at radius 2 is 1.79 bits per heavy atom. The Morgan fingerprint density at radius 3 is 2.55 bits per heavy atom. The van der Waals surface area contributed by atoms with Crippen molar-refractivity contribution >= 4 is 29.0 Å². The van der Waals surface area contributed by atoms with E-state index in [1.165, 1.54) is 6.92 Å². The maximum Gasteiger partial charge on any atom is 0.225 e. The minimum Gasteiger partial charge on any atom is -0.385 e. The normalized spacial score (nSPS) is 10.4. The number of nitrogens with one attached hydrogen (secondary N) is 3. The standard InChI is InChI=1S/C22H25N5O2/c1-16(28)24-18-10-6-11-19(14-18)25-21-15-20(17-8-4-3-5-9-17)26-22(27-21)23-12-7-13-29-2/h3-6,8-11,14-15H,7,12-13H2,1-2H3,(H,24,28)(H2,23,25,26,27). The predicted octanol–water partition coefficient (Wildman–Crippen LogP) is 4.29. The summed E-state index contributed by atoms with van der Waals surface area (Å²) in [5, 5.41) is 9.34. The Kier molecular flexibility index (Phi) is 7.13.